The van der Waals surface area contributed by atoms with Crippen LogP contribution >= 0.6 is 0 Å². The van der Waals surface area contributed by atoms with Gasteiger partial charge in [0, 0.05) is 40.1 Å². The number of nitrogens with zero attached hydrogens (tertiary/aromatic N) is 4. The molecule has 1 N–H and O–H groups in total. The van der Waals surface area contributed by atoms with E-state index in [-0.39, 0.29) is 0 Å². The van der Waals surface area contributed by atoms with E-state index < -0.39 is 10.2 Å². The van der Waals surface area contributed by atoms with E-state index in [2.05, 4.69) is 19.6 Å². The highest BCUT2D eigenvalue weighted by atomic mass is 32.2. The number of hydrogen-bond acceptors (Lipinski definition) is 5. The van der Waals surface area contributed by atoms with Crippen molar-refractivity contribution in [3.05, 3.63) is 48.4 Å². The molecule has 0 bridgehead atoms. The van der Waals surface area contributed by atoms with Crippen molar-refractivity contribution < 1.29 is 8.42 Å². The van der Waals surface area contributed by atoms with E-state index in [0.717, 1.165) is 23.0 Å². The van der Waals surface area contributed by atoms with Crippen LogP contribution < -0.4 is 9.62 Å². The third-order valence-corrected chi connectivity index (χ3v) is 4.82. The van der Waals surface area contributed by atoms with Crippen molar-refractivity contribution in [2.24, 2.45) is 0 Å². The molecule has 23 heavy (non-hydrogen) atoms. The third-order valence-electron chi connectivity index (χ3n) is 3.39. The van der Waals surface area contributed by atoms with Gasteiger partial charge in [-0.15, -0.1) is 0 Å². The first-order chi connectivity index (χ1) is 10.9. The molecule has 2 aromatic rings. The molecule has 0 saturated heterocycles. The lowest BCUT2D eigenvalue weighted by molar-refractivity contribution is 0.526. The topological polar surface area (TPSA) is 78.4 Å². The molecule has 0 spiro atoms. The van der Waals surface area contributed by atoms with Crippen LogP contribution in [0.4, 0.5) is 11.5 Å². The molecule has 124 valence electrons. The molecule has 0 unspecified atom stereocenters. The summed E-state index contributed by atoms with van der Waals surface area (Å²) in [4.78, 5) is 10.2. The second-order valence-electron chi connectivity index (χ2n) is 5.32. The molecule has 0 fully saturated rings. The van der Waals surface area contributed by atoms with Crippen LogP contribution in [0.15, 0.2) is 42.9 Å². The normalized spacial score (nSPS) is 11.5. The Hall–Kier alpha value is -2.19. The summed E-state index contributed by atoms with van der Waals surface area (Å²) in [5.41, 5.74) is 2.14. The third kappa shape index (κ3) is 4.90. The molecule has 0 aliphatic rings. The van der Waals surface area contributed by atoms with E-state index in [9.17, 15) is 8.42 Å². The zero-order valence-corrected chi connectivity index (χ0v) is 14.3. The van der Waals surface area contributed by atoms with Gasteiger partial charge in [-0.05, 0) is 36.2 Å². The van der Waals surface area contributed by atoms with Crippen LogP contribution in [0.3, 0.4) is 0 Å². The summed E-state index contributed by atoms with van der Waals surface area (Å²) in [6.45, 7) is 0.828. The van der Waals surface area contributed by atoms with Gasteiger partial charge in [-0.1, -0.05) is 0 Å². The number of nitrogens with one attached hydrogen (secondary N) is 1. The lowest BCUT2D eigenvalue weighted by Crippen LogP contribution is -2.29. The van der Waals surface area contributed by atoms with E-state index >= 15 is 0 Å². The van der Waals surface area contributed by atoms with E-state index in [1.807, 2.05) is 25.2 Å². The molecule has 2 aromatic heterocycles. The van der Waals surface area contributed by atoms with Crippen LogP contribution in [0, 0.1) is 0 Å². The van der Waals surface area contributed by atoms with Gasteiger partial charge >= 0.3 is 10.2 Å². The minimum atomic E-state index is -3.53. The van der Waals surface area contributed by atoms with E-state index in [1.165, 1.54) is 19.7 Å². The highest BCUT2D eigenvalue weighted by Crippen LogP contribution is 2.15. The summed E-state index contributed by atoms with van der Waals surface area (Å²) in [7, 11) is 1.37. The Kier molecular flexibility index (Phi) is 5.51. The average molecular weight is 335 g/mol. The molecule has 0 amide bonds. The summed E-state index contributed by atoms with van der Waals surface area (Å²) in [6.07, 6.45) is 6.11. The minimum absolute atomic E-state index is 0.296. The summed E-state index contributed by atoms with van der Waals surface area (Å²) in [6, 6.07) is 7.48. The molecule has 0 radical (unpaired) electrons. The Morgan fingerprint density at radius 1 is 1.09 bits per heavy atom. The number of likely N-dealkylation sites (N-methyl/N-ethyl adjacent to an activating group) is 1. The van der Waals surface area contributed by atoms with Crippen LogP contribution in [-0.4, -0.2) is 50.4 Å². The van der Waals surface area contributed by atoms with Crippen molar-refractivity contribution in [2.75, 3.05) is 37.3 Å². The highest BCUT2D eigenvalue weighted by Gasteiger charge is 2.13. The lowest BCUT2D eigenvalue weighted by atomic mass is 10.2. The van der Waals surface area contributed by atoms with Gasteiger partial charge in [0.05, 0.1) is 11.9 Å². The molecular weight excluding hydrogens is 314 g/mol. The van der Waals surface area contributed by atoms with Crippen LogP contribution in [0.5, 0.6) is 0 Å². The van der Waals surface area contributed by atoms with E-state index in [1.54, 1.807) is 24.7 Å². The minimum Gasteiger partial charge on any atom is -0.373 e. The lowest BCUT2D eigenvalue weighted by Gasteiger charge is -2.19. The zero-order chi connectivity index (χ0) is 16.9. The van der Waals surface area contributed by atoms with Crippen LogP contribution in [-0.2, 0) is 16.6 Å². The van der Waals surface area contributed by atoms with Gasteiger partial charge in [0.2, 0.25) is 0 Å². The molecule has 8 heteroatoms. The van der Waals surface area contributed by atoms with Gasteiger partial charge in [0.25, 0.3) is 0 Å². The Bertz CT molecular complexity index is 717. The molecule has 2 heterocycles. The average Bonchev–Trinajstić information content (AvgIpc) is 2.54. The van der Waals surface area contributed by atoms with Crippen LogP contribution in [0.25, 0.3) is 0 Å². The molecule has 0 aliphatic carbocycles. The number of pyridine rings is 2. The molecule has 0 aliphatic heterocycles. The van der Waals surface area contributed by atoms with Crippen LogP contribution in [0.1, 0.15) is 5.56 Å². The summed E-state index contributed by atoms with van der Waals surface area (Å²) < 4.78 is 27.0. The van der Waals surface area contributed by atoms with Gasteiger partial charge in [0.1, 0.15) is 5.82 Å². The van der Waals surface area contributed by atoms with Gasteiger partial charge in [0.15, 0.2) is 0 Å². The molecule has 7 nitrogen and oxygen atoms in total. The smallest absolute Gasteiger partial charge is 0.302 e. The number of anilines is 2. The van der Waals surface area contributed by atoms with E-state index in [0.29, 0.717) is 5.82 Å². The fourth-order valence-electron chi connectivity index (χ4n) is 1.87. The van der Waals surface area contributed by atoms with Crippen molar-refractivity contribution in [1.29, 1.82) is 0 Å². The standard InChI is InChI=1S/C15H21N5O2S/c1-19(2)23(21,22)18-15-5-4-14(12-17-15)20(3)11-8-13-6-9-16-10-7-13/h4-7,9-10,12H,8,11H2,1-3H3,(H,17,18). The molecule has 2 rings (SSSR count). The van der Waals surface area contributed by atoms with Crippen molar-refractivity contribution in [2.45, 2.75) is 6.42 Å². The predicted molar refractivity (Wildman–Crippen MR) is 91.7 cm³/mol. The van der Waals surface area contributed by atoms with Crippen molar-refractivity contribution >= 4 is 21.7 Å². The van der Waals surface area contributed by atoms with Crippen molar-refractivity contribution in [3.63, 3.8) is 0 Å². The number of hydrogen-bond donors (Lipinski definition) is 1. The summed E-state index contributed by atoms with van der Waals surface area (Å²) in [5, 5.41) is 0. The maximum absolute atomic E-state index is 11.7. The van der Waals surface area contributed by atoms with E-state index in [4.69, 9.17) is 0 Å². The second-order valence-corrected chi connectivity index (χ2v) is 7.20. The SMILES string of the molecule is CN(CCc1ccncc1)c1ccc(NS(=O)(=O)N(C)C)nc1. The van der Waals surface area contributed by atoms with Crippen LogP contribution in [0.2, 0.25) is 0 Å². The fraction of sp³-hybridized carbons (Fsp3) is 0.333. The quantitative estimate of drug-likeness (QED) is 0.827. The van der Waals surface area contributed by atoms with Gasteiger partial charge < -0.3 is 4.90 Å². The Balaban J connectivity index is 1.96. The van der Waals surface area contributed by atoms with Gasteiger partial charge in [-0.3, -0.25) is 9.71 Å². The zero-order valence-electron chi connectivity index (χ0n) is 13.5. The van der Waals surface area contributed by atoms with Crippen molar-refractivity contribution in [1.82, 2.24) is 14.3 Å². The fourth-order valence-corrected chi connectivity index (χ4v) is 2.44. The monoisotopic (exact) mass is 335 g/mol. The first-order valence-corrected chi connectivity index (χ1v) is 8.59. The maximum atomic E-state index is 11.7. The number of rotatable bonds is 7. The summed E-state index contributed by atoms with van der Waals surface area (Å²) >= 11 is 0. The second kappa shape index (κ2) is 7.38. The highest BCUT2D eigenvalue weighted by molar-refractivity contribution is 7.90. The van der Waals surface area contributed by atoms with Gasteiger partial charge in [-0.2, -0.15) is 12.7 Å². The first-order valence-electron chi connectivity index (χ1n) is 7.15. The largest absolute Gasteiger partial charge is 0.373 e. The molecule has 0 aromatic carbocycles. The molecule has 0 atom stereocenters. The summed E-state index contributed by atoms with van der Waals surface area (Å²) in [5.74, 6) is 0.296. The predicted octanol–water partition coefficient (Wildman–Crippen LogP) is 1.37. The first kappa shape index (κ1) is 17.2. The molecule has 0 saturated carbocycles. The van der Waals surface area contributed by atoms with Crippen molar-refractivity contribution in [3.8, 4) is 0 Å². The maximum Gasteiger partial charge on any atom is 0.302 e. The Morgan fingerprint density at radius 3 is 2.35 bits per heavy atom. The Labute approximate surface area is 137 Å². The Morgan fingerprint density at radius 2 is 1.78 bits per heavy atom. The van der Waals surface area contributed by atoms with Gasteiger partial charge in [-0.25, -0.2) is 4.98 Å². The molecular formula is C15H21N5O2S. The number of aromatic nitrogens is 2.